The second-order valence-electron chi connectivity index (χ2n) is 3.82. The van der Waals surface area contributed by atoms with Gasteiger partial charge in [-0.25, -0.2) is 0 Å². The van der Waals surface area contributed by atoms with Crippen LogP contribution in [0.2, 0.25) is 0 Å². The molecule has 1 aliphatic carbocycles. The maximum absolute atomic E-state index is 10.9. The van der Waals surface area contributed by atoms with Crippen molar-refractivity contribution in [3.63, 3.8) is 0 Å². The summed E-state index contributed by atoms with van der Waals surface area (Å²) in [6.45, 7) is 0. The number of hydrogen-bond acceptors (Lipinski definition) is 3. The van der Waals surface area contributed by atoms with E-state index in [4.69, 9.17) is 5.73 Å². The second-order valence-corrected chi connectivity index (χ2v) is 3.82. The number of methoxy groups -OCH3 is 1. The van der Waals surface area contributed by atoms with Crippen molar-refractivity contribution in [2.24, 2.45) is 11.7 Å². The fourth-order valence-corrected chi connectivity index (χ4v) is 2.00. The monoisotopic (exact) mass is 221 g/mol. The maximum atomic E-state index is 10.9. The predicted molar refractivity (Wildman–Crippen MR) is 58.4 cm³/mol. The van der Waals surface area contributed by atoms with Gasteiger partial charge >= 0.3 is 5.97 Å². The first-order chi connectivity index (χ1) is 6.24. The fourth-order valence-electron chi connectivity index (χ4n) is 2.00. The highest BCUT2D eigenvalue weighted by molar-refractivity contribution is 5.85. The van der Waals surface area contributed by atoms with Gasteiger partial charge in [0.1, 0.15) is 0 Å². The van der Waals surface area contributed by atoms with Gasteiger partial charge < -0.3 is 10.5 Å². The number of carbonyl (C=O) groups excluding carboxylic acids is 1. The second kappa shape index (κ2) is 7.07. The van der Waals surface area contributed by atoms with E-state index in [2.05, 4.69) is 4.74 Å². The van der Waals surface area contributed by atoms with Crippen LogP contribution in [0.25, 0.3) is 0 Å². The molecule has 14 heavy (non-hydrogen) atoms. The number of esters is 1. The summed E-state index contributed by atoms with van der Waals surface area (Å²) in [6.07, 6.45) is 6.22. The molecule has 0 aromatic rings. The average Bonchev–Trinajstić information content (AvgIpc) is 2.16. The smallest absolute Gasteiger partial charge is 0.305 e. The van der Waals surface area contributed by atoms with Crippen LogP contribution >= 0.6 is 12.4 Å². The van der Waals surface area contributed by atoms with Gasteiger partial charge in [0.25, 0.3) is 0 Å². The van der Waals surface area contributed by atoms with Gasteiger partial charge in [-0.1, -0.05) is 12.8 Å². The lowest BCUT2D eigenvalue weighted by atomic mass is 9.82. The highest BCUT2D eigenvalue weighted by Gasteiger charge is 2.22. The minimum atomic E-state index is -0.113. The SMILES string of the molecule is COC(=O)CC[C@@H]1CCCC[C@@H]1N.Cl. The van der Waals surface area contributed by atoms with Gasteiger partial charge in [0.05, 0.1) is 7.11 Å². The molecule has 0 aromatic heterocycles. The zero-order valence-corrected chi connectivity index (χ0v) is 9.52. The molecule has 84 valence electrons. The zero-order chi connectivity index (χ0) is 9.68. The third-order valence-corrected chi connectivity index (χ3v) is 2.91. The average molecular weight is 222 g/mol. The predicted octanol–water partition coefficient (Wildman–Crippen LogP) is 1.88. The molecule has 0 aromatic carbocycles. The first kappa shape index (κ1) is 13.7. The third-order valence-electron chi connectivity index (χ3n) is 2.91. The third kappa shape index (κ3) is 4.29. The van der Waals surface area contributed by atoms with E-state index in [0.29, 0.717) is 18.4 Å². The van der Waals surface area contributed by atoms with Gasteiger partial charge in [-0.15, -0.1) is 12.4 Å². The van der Waals surface area contributed by atoms with E-state index in [1.807, 2.05) is 0 Å². The van der Waals surface area contributed by atoms with Crippen LogP contribution in [-0.4, -0.2) is 19.1 Å². The van der Waals surface area contributed by atoms with Crippen LogP contribution in [0.3, 0.4) is 0 Å². The Balaban J connectivity index is 0.00000169. The van der Waals surface area contributed by atoms with Crippen LogP contribution in [0.15, 0.2) is 0 Å². The molecule has 3 nitrogen and oxygen atoms in total. The normalized spacial score (nSPS) is 26.4. The van der Waals surface area contributed by atoms with E-state index < -0.39 is 0 Å². The largest absolute Gasteiger partial charge is 0.469 e. The quantitative estimate of drug-likeness (QED) is 0.741. The molecule has 0 amide bonds. The molecule has 0 saturated heterocycles. The lowest BCUT2D eigenvalue weighted by molar-refractivity contribution is -0.141. The molecule has 2 atom stereocenters. The Kier molecular flexibility index (Phi) is 6.93. The number of ether oxygens (including phenoxy) is 1. The van der Waals surface area contributed by atoms with Crippen LogP contribution in [0.5, 0.6) is 0 Å². The lowest BCUT2D eigenvalue weighted by Crippen LogP contribution is -2.33. The molecule has 0 unspecified atom stereocenters. The summed E-state index contributed by atoms with van der Waals surface area (Å²) < 4.78 is 4.60. The van der Waals surface area contributed by atoms with Crippen LogP contribution < -0.4 is 5.73 Å². The van der Waals surface area contributed by atoms with Crippen molar-refractivity contribution in [3.05, 3.63) is 0 Å². The maximum Gasteiger partial charge on any atom is 0.305 e. The Morgan fingerprint density at radius 1 is 1.43 bits per heavy atom. The van der Waals surface area contributed by atoms with Crippen molar-refractivity contribution in [2.75, 3.05) is 7.11 Å². The molecular weight excluding hydrogens is 202 g/mol. The lowest BCUT2D eigenvalue weighted by Gasteiger charge is -2.28. The van der Waals surface area contributed by atoms with Crippen molar-refractivity contribution in [3.8, 4) is 0 Å². The number of rotatable bonds is 3. The van der Waals surface area contributed by atoms with Gasteiger partial charge in [-0.05, 0) is 25.2 Å². The zero-order valence-electron chi connectivity index (χ0n) is 8.70. The molecule has 4 heteroatoms. The van der Waals surface area contributed by atoms with E-state index >= 15 is 0 Å². The summed E-state index contributed by atoms with van der Waals surface area (Å²) >= 11 is 0. The number of halogens is 1. The molecule has 1 aliphatic rings. The van der Waals surface area contributed by atoms with Crippen LogP contribution in [0.1, 0.15) is 38.5 Å². The number of carbonyl (C=O) groups is 1. The summed E-state index contributed by atoms with van der Waals surface area (Å²) in [5.41, 5.74) is 5.95. The Hall–Kier alpha value is -0.280. The number of nitrogens with two attached hydrogens (primary N) is 1. The standard InChI is InChI=1S/C10H19NO2.ClH/c1-13-10(12)7-6-8-4-2-3-5-9(8)11;/h8-9H,2-7,11H2,1H3;1H/t8-,9-;/m0./s1. The summed E-state index contributed by atoms with van der Waals surface area (Å²) in [5, 5.41) is 0. The van der Waals surface area contributed by atoms with Gasteiger partial charge in [-0.2, -0.15) is 0 Å². The molecule has 1 rings (SSSR count). The van der Waals surface area contributed by atoms with E-state index in [9.17, 15) is 4.79 Å². The van der Waals surface area contributed by atoms with E-state index in [1.54, 1.807) is 0 Å². The molecule has 0 heterocycles. The topological polar surface area (TPSA) is 52.3 Å². The van der Waals surface area contributed by atoms with Gasteiger partial charge in [0.2, 0.25) is 0 Å². The van der Waals surface area contributed by atoms with Crippen molar-refractivity contribution in [1.82, 2.24) is 0 Å². The van der Waals surface area contributed by atoms with Crippen LogP contribution in [-0.2, 0) is 9.53 Å². The Bertz CT molecular complexity index is 176. The van der Waals surface area contributed by atoms with Gasteiger partial charge in [0, 0.05) is 12.5 Å². The first-order valence-electron chi connectivity index (χ1n) is 5.06. The molecule has 2 N–H and O–H groups in total. The highest BCUT2D eigenvalue weighted by Crippen LogP contribution is 2.26. The van der Waals surface area contributed by atoms with Crippen molar-refractivity contribution in [1.29, 1.82) is 0 Å². The van der Waals surface area contributed by atoms with Crippen molar-refractivity contribution >= 4 is 18.4 Å². The minimum Gasteiger partial charge on any atom is -0.469 e. The summed E-state index contributed by atoms with van der Waals surface area (Å²) in [7, 11) is 1.43. The van der Waals surface area contributed by atoms with Crippen molar-refractivity contribution in [2.45, 2.75) is 44.6 Å². The fraction of sp³-hybridized carbons (Fsp3) is 0.900. The molecule has 1 saturated carbocycles. The summed E-state index contributed by atoms with van der Waals surface area (Å²) in [6, 6.07) is 0.304. The Morgan fingerprint density at radius 2 is 2.07 bits per heavy atom. The van der Waals surface area contributed by atoms with E-state index in [1.165, 1.54) is 26.4 Å². The molecular formula is C10H20ClNO2. The Labute approximate surface area is 91.8 Å². The van der Waals surface area contributed by atoms with Crippen LogP contribution in [0, 0.1) is 5.92 Å². The Morgan fingerprint density at radius 3 is 2.64 bits per heavy atom. The van der Waals surface area contributed by atoms with Crippen LogP contribution in [0.4, 0.5) is 0 Å². The molecule has 0 aliphatic heterocycles. The first-order valence-corrected chi connectivity index (χ1v) is 5.06. The molecule has 0 radical (unpaired) electrons. The summed E-state index contributed by atoms with van der Waals surface area (Å²) in [4.78, 5) is 10.9. The molecule has 0 bridgehead atoms. The van der Waals surface area contributed by atoms with E-state index in [0.717, 1.165) is 12.8 Å². The molecule has 1 fully saturated rings. The van der Waals surface area contributed by atoms with Gasteiger partial charge in [0.15, 0.2) is 0 Å². The van der Waals surface area contributed by atoms with Gasteiger partial charge in [-0.3, -0.25) is 4.79 Å². The minimum absolute atomic E-state index is 0. The molecule has 0 spiro atoms. The summed E-state index contributed by atoms with van der Waals surface area (Å²) in [5.74, 6) is 0.422. The van der Waals surface area contributed by atoms with Crippen molar-refractivity contribution < 1.29 is 9.53 Å². The number of hydrogen-bond donors (Lipinski definition) is 1. The highest BCUT2D eigenvalue weighted by atomic mass is 35.5. The van der Waals surface area contributed by atoms with E-state index in [-0.39, 0.29) is 18.4 Å².